The maximum Gasteiger partial charge on any atom is 0.330 e. The molecule has 150 valence electrons. The minimum Gasteiger partial charge on any atom is -0.454 e. The van der Waals surface area contributed by atoms with E-state index in [1.807, 2.05) is 55.5 Å². The highest BCUT2D eigenvalue weighted by Crippen LogP contribution is 2.54. The summed E-state index contributed by atoms with van der Waals surface area (Å²) >= 11 is 1.60. The number of ether oxygens (including phenoxy) is 1. The van der Waals surface area contributed by atoms with Crippen molar-refractivity contribution in [2.75, 3.05) is 17.7 Å². The normalized spacial score (nSPS) is 23.0. The van der Waals surface area contributed by atoms with Gasteiger partial charge in [-0.2, -0.15) is 0 Å². The summed E-state index contributed by atoms with van der Waals surface area (Å²) in [4.78, 5) is 38.6. The number of hydrogen-bond donors (Lipinski definition) is 1. The number of rotatable bonds is 5. The fourth-order valence-electron chi connectivity index (χ4n) is 3.97. The van der Waals surface area contributed by atoms with Crippen LogP contribution in [0.25, 0.3) is 0 Å². The van der Waals surface area contributed by atoms with Gasteiger partial charge in [-0.3, -0.25) is 9.59 Å². The molecule has 0 bridgehead atoms. The molecule has 1 N–H and O–H groups in total. The minimum absolute atomic E-state index is 0.0509. The Morgan fingerprint density at radius 3 is 2.76 bits per heavy atom. The molecule has 2 heterocycles. The monoisotopic (exact) mass is 410 g/mol. The van der Waals surface area contributed by atoms with Gasteiger partial charge in [0.25, 0.3) is 5.91 Å². The van der Waals surface area contributed by atoms with Crippen LogP contribution >= 0.6 is 11.8 Å². The van der Waals surface area contributed by atoms with Crippen molar-refractivity contribution in [2.45, 2.75) is 30.7 Å². The van der Waals surface area contributed by atoms with Crippen molar-refractivity contribution in [1.29, 1.82) is 0 Å². The summed E-state index contributed by atoms with van der Waals surface area (Å²) in [7, 11) is 0. The first kappa shape index (κ1) is 19.5. The number of carbonyl (C=O) groups excluding carboxylic acids is 3. The lowest BCUT2D eigenvalue weighted by molar-refractivity contribution is -0.155. The second kappa shape index (κ2) is 7.91. The van der Waals surface area contributed by atoms with Gasteiger partial charge in [0.1, 0.15) is 10.9 Å². The lowest BCUT2D eigenvalue weighted by Crippen LogP contribution is -2.47. The summed E-state index contributed by atoms with van der Waals surface area (Å²) < 4.78 is 5.27. The van der Waals surface area contributed by atoms with Gasteiger partial charge < -0.3 is 15.0 Å². The summed E-state index contributed by atoms with van der Waals surface area (Å²) in [5.41, 5.74) is 2.69. The van der Waals surface area contributed by atoms with Crippen LogP contribution in [0.15, 0.2) is 54.6 Å². The molecule has 0 spiro atoms. The number of thioether (sulfide) groups is 1. The van der Waals surface area contributed by atoms with Crippen LogP contribution in [0.4, 0.5) is 5.69 Å². The third kappa shape index (κ3) is 3.74. The molecular formula is C22H22N2O4S. The van der Waals surface area contributed by atoms with Crippen molar-refractivity contribution in [2.24, 2.45) is 0 Å². The number of carbonyl (C=O) groups is 3. The zero-order chi connectivity index (χ0) is 20.4. The average Bonchev–Trinajstić information content (AvgIpc) is 3.26. The number of benzene rings is 2. The molecule has 2 aromatic carbocycles. The molecule has 0 saturated carbocycles. The van der Waals surface area contributed by atoms with Crippen LogP contribution in [0.5, 0.6) is 0 Å². The number of fused-ring (bicyclic) bond motifs is 1. The van der Waals surface area contributed by atoms with Crippen molar-refractivity contribution in [3.05, 3.63) is 65.7 Å². The number of aryl methyl sites for hydroxylation is 1. The Morgan fingerprint density at radius 1 is 1.21 bits per heavy atom. The van der Waals surface area contributed by atoms with Crippen LogP contribution in [0.2, 0.25) is 0 Å². The quantitative estimate of drug-likeness (QED) is 0.767. The molecule has 2 atom stereocenters. The lowest BCUT2D eigenvalue weighted by Gasteiger charge is -2.33. The van der Waals surface area contributed by atoms with E-state index < -0.39 is 22.8 Å². The number of hydrogen-bond acceptors (Lipinski definition) is 5. The number of esters is 1. The van der Waals surface area contributed by atoms with Crippen LogP contribution in [-0.2, 0) is 24.0 Å². The van der Waals surface area contributed by atoms with Crippen molar-refractivity contribution in [3.8, 4) is 0 Å². The maximum absolute atomic E-state index is 12.7. The molecule has 2 fully saturated rings. The predicted molar refractivity (Wildman–Crippen MR) is 111 cm³/mol. The van der Waals surface area contributed by atoms with Crippen molar-refractivity contribution in [1.82, 2.24) is 4.90 Å². The topological polar surface area (TPSA) is 75.7 Å². The zero-order valence-electron chi connectivity index (χ0n) is 16.1. The van der Waals surface area contributed by atoms with Crippen molar-refractivity contribution >= 4 is 35.2 Å². The molecule has 0 aromatic heterocycles. The van der Waals surface area contributed by atoms with Crippen LogP contribution in [0, 0.1) is 6.92 Å². The maximum atomic E-state index is 12.7. The molecule has 2 amide bonds. The first-order valence-corrected chi connectivity index (χ1v) is 10.5. The van der Waals surface area contributed by atoms with Gasteiger partial charge >= 0.3 is 5.97 Å². The van der Waals surface area contributed by atoms with E-state index in [0.717, 1.165) is 11.1 Å². The molecule has 0 aliphatic carbocycles. The highest BCUT2D eigenvalue weighted by atomic mass is 32.2. The largest absolute Gasteiger partial charge is 0.454 e. The number of anilines is 1. The number of nitrogens with one attached hydrogen (secondary N) is 1. The number of amides is 2. The fourth-order valence-corrected chi connectivity index (χ4v) is 5.60. The van der Waals surface area contributed by atoms with Gasteiger partial charge in [-0.25, -0.2) is 4.79 Å². The van der Waals surface area contributed by atoms with E-state index in [1.165, 1.54) is 0 Å². The summed E-state index contributed by atoms with van der Waals surface area (Å²) in [6, 6.07) is 16.5. The molecule has 7 heteroatoms. The van der Waals surface area contributed by atoms with Crippen LogP contribution in [-0.4, -0.2) is 41.1 Å². The molecule has 4 rings (SSSR count). The van der Waals surface area contributed by atoms with E-state index in [1.54, 1.807) is 22.7 Å². The molecule has 0 radical (unpaired) electrons. The molecule has 6 nitrogen and oxygen atoms in total. The Hall–Kier alpha value is -2.80. The standard InChI is InChI=1S/C22H22N2O4S/c1-15-6-5-9-17(12-15)23-19(25)13-28-21(27)18-14-29-22(11-10-20(26)24(18)22)16-7-3-2-4-8-16/h2-9,12,18H,10-11,13-14H2,1H3,(H,23,25)/t18-,22-/m0/s1. The molecule has 2 aromatic rings. The minimum atomic E-state index is -0.679. The molecule has 2 aliphatic heterocycles. The third-order valence-corrected chi connectivity index (χ3v) is 6.87. The van der Waals surface area contributed by atoms with Crippen molar-refractivity contribution < 1.29 is 19.1 Å². The van der Waals surface area contributed by atoms with Gasteiger partial charge in [-0.1, -0.05) is 42.5 Å². The Labute approximate surface area is 173 Å². The summed E-state index contributed by atoms with van der Waals surface area (Å²) in [5, 5.41) is 2.72. The van der Waals surface area contributed by atoms with E-state index in [9.17, 15) is 14.4 Å². The highest BCUT2D eigenvalue weighted by molar-refractivity contribution is 8.00. The Bertz CT molecular complexity index is 949. The van der Waals surface area contributed by atoms with Gasteiger partial charge in [0, 0.05) is 17.9 Å². The molecule has 29 heavy (non-hydrogen) atoms. The third-order valence-electron chi connectivity index (χ3n) is 5.27. The number of nitrogens with zero attached hydrogens (tertiary/aromatic N) is 1. The predicted octanol–water partition coefficient (Wildman–Crippen LogP) is 3.07. The molecule has 0 unspecified atom stereocenters. The van der Waals surface area contributed by atoms with Crippen LogP contribution in [0.1, 0.15) is 24.0 Å². The van der Waals surface area contributed by atoms with E-state index >= 15 is 0 Å². The van der Waals surface area contributed by atoms with Crippen molar-refractivity contribution in [3.63, 3.8) is 0 Å². The lowest BCUT2D eigenvalue weighted by atomic mass is 10.0. The summed E-state index contributed by atoms with van der Waals surface area (Å²) in [5.74, 6) is -0.537. The Balaban J connectivity index is 1.41. The highest BCUT2D eigenvalue weighted by Gasteiger charge is 2.57. The van der Waals surface area contributed by atoms with Gasteiger partial charge in [-0.15, -0.1) is 11.8 Å². The van der Waals surface area contributed by atoms with Crippen LogP contribution < -0.4 is 5.32 Å². The summed E-state index contributed by atoms with van der Waals surface area (Å²) in [6.07, 6.45) is 1.07. The Morgan fingerprint density at radius 2 is 2.00 bits per heavy atom. The average molecular weight is 410 g/mol. The fraction of sp³-hybridized carbons (Fsp3) is 0.318. The van der Waals surface area contributed by atoms with Gasteiger partial charge in [-0.05, 0) is 36.6 Å². The second-order valence-corrected chi connectivity index (χ2v) is 8.56. The van der Waals surface area contributed by atoms with E-state index in [-0.39, 0.29) is 12.5 Å². The van der Waals surface area contributed by atoms with E-state index in [4.69, 9.17) is 4.74 Å². The SMILES string of the molecule is Cc1cccc(NC(=O)COC(=O)[C@@H]2CS[C@]3(c4ccccc4)CCC(=O)N23)c1. The van der Waals surface area contributed by atoms with E-state index in [0.29, 0.717) is 24.3 Å². The second-order valence-electron chi connectivity index (χ2n) is 7.27. The first-order chi connectivity index (χ1) is 14.0. The van der Waals surface area contributed by atoms with Gasteiger partial charge in [0.05, 0.1) is 0 Å². The van der Waals surface area contributed by atoms with Gasteiger partial charge in [0.15, 0.2) is 6.61 Å². The van der Waals surface area contributed by atoms with E-state index in [2.05, 4.69) is 5.32 Å². The molecular weight excluding hydrogens is 388 g/mol. The summed E-state index contributed by atoms with van der Waals surface area (Å²) in [6.45, 7) is 1.55. The Kier molecular flexibility index (Phi) is 5.32. The first-order valence-electron chi connectivity index (χ1n) is 9.54. The zero-order valence-corrected chi connectivity index (χ0v) is 16.9. The molecule has 2 saturated heterocycles. The molecule has 2 aliphatic rings. The van der Waals surface area contributed by atoms with Gasteiger partial charge in [0.2, 0.25) is 5.91 Å². The smallest absolute Gasteiger partial charge is 0.330 e. The van der Waals surface area contributed by atoms with Crippen LogP contribution in [0.3, 0.4) is 0 Å².